The molecular formula is C25H26N2O3S. The Morgan fingerprint density at radius 3 is 2.68 bits per heavy atom. The molecule has 3 aliphatic rings. The van der Waals surface area contributed by atoms with Crippen LogP contribution in [-0.2, 0) is 9.53 Å². The number of esters is 1. The predicted octanol–water partition coefficient (Wildman–Crippen LogP) is 4.89. The van der Waals surface area contributed by atoms with Crippen LogP contribution in [0, 0.1) is 5.92 Å². The first-order valence-corrected chi connectivity index (χ1v) is 11.7. The SMILES string of the molecule is CC(=O)c1cccc(NC(C(=O)O[C@H]2CN3CCC2CC3)c2csc3ccccc23)c1. The average molecular weight is 435 g/mol. The first-order chi connectivity index (χ1) is 15.1. The van der Waals surface area contributed by atoms with Crippen molar-refractivity contribution in [2.24, 2.45) is 5.92 Å². The van der Waals surface area contributed by atoms with E-state index in [1.807, 2.05) is 35.7 Å². The van der Waals surface area contributed by atoms with Crippen molar-refractivity contribution in [1.82, 2.24) is 4.90 Å². The van der Waals surface area contributed by atoms with E-state index in [1.165, 1.54) is 0 Å². The monoisotopic (exact) mass is 434 g/mol. The molecular weight excluding hydrogens is 408 g/mol. The number of rotatable bonds is 6. The van der Waals surface area contributed by atoms with Gasteiger partial charge in [-0.2, -0.15) is 0 Å². The molecule has 2 aromatic carbocycles. The summed E-state index contributed by atoms with van der Waals surface area (Å²) in [5.41, 5.74) is 2.27. The minimum atomic E-state index is -0.631. The number of nitrogens with one attached hydrogen (secondary N) is 1. The summed E-state index contributed by atoms with van der Waals surface area (Å²) in [4.78, 5) is 27.7. The molecule has 4 heterocycles. The van der Waals surface area contributed by atoms with E-state index in [9.17, 15) is 9.59 Å². The maximum atomic E-state index is 13.5. The van der Waals surface area contributed by atoms with Crippen LogP contribution in [0.1, 0.15) is 41.7 Å². The number of piperidine rings is 3. The van der Waals surface area contributed by atoms with Gasteiger partial charge in [0.15, 0.2) is 11.8 Å². The predicted molar refractivity (Wildman–Crippen MR) is 124 cm³/mol. The smallest absolute Gasteiger partial charge is 0.333 e. The van der Waals surface area contributed by atoms with Crippen molar-refractivity contribution < 1.29 is 14.3 Å². The Morgan fingerprint density at radius 2 is 1.94 bits per heavy atom. The van der Waals surface area contributed by atoms with E-state index in [2.05, 4.69) is 16.3 Å². The number of fused-ring (bicyclic) bond motifs is 4. The van der Waals surface area contributed by atoms with E-state index in [4.69, 9.17) is 4.74 Å². The summed E-state index contributed by atoms with van der Waals surface area (Å²) in [6, 6.07) is 14.8. The van der Waals surface area contributed by atoms with Gasteiger partial charge < -0.3 is 10.1 Å². The van der Waals surface area contributed by atoms with E-state index < -0.39 is 6.04 Å². The molecule has 3 saturated heterocycles. The lowest BCUT2D eigenvalue weighted by atomic mass is 9.86. The van der Waals surface area contributed by atoms with Gasteiger partial charge in [-0.25, -0.2) is 4.79 Å². The van der Waals surface area contributed by atoms with Crippen LogP contribution in [-0.4, -0.2) is 42.4 Å². The van der Waals surface area contributed by atoms with Gasteiger partial charge in [-0.05, 0) is 67.7 Å². The molecule has 3 aromatic rings. The van der Waals surface area contributed by atoms with Gasteiger partial charge in [0.2, 0.25) is 0 Å². The number of carbonyl (C=O) groups is 2. The summed E-state index contributed by atoms with van der Waals surface area (Å²) < 4.78 is 7.24. The van der Waals surface area contributed by atoms with Gasteiger partial charge in [-0.15, -0.1) is 11.3 Å². The van der Waals surface area contributed by atoms with E-state index in [-0.39, 0.29) is 17.9 Å². The van der Waals surface area contributed by atoms with Crippen LogP contribution in [0.4, 0.5) is 5.69 Å². The van der Waals surface area contributed by atoms with Gasteiger partial charge in [-0.1, -0.05) is 30.3 Å². The van der Waals surface area contributed by atoms with Crippen LogP contribution >= 0.6 is 11.3 Å². The zero-order chi connectivity index (χ0) is 21.4. The summed E-state index contributed by atoms with van der Waals surface area (Å²) >= 11 is 1.63. The quantitative estimate of drug-likeness (QED) is 0.442. The molecule has 0 radical (unpaired) electrons. The van der Waals surface area contributed by atoms with E-state index in [0.717, 1.165) is 53.8 Å². The minimum Gasteiger partial charge on any atom is -0.459 e. The third kappa shape index (κ3) is 4.10. The van der Waals surface area contributed by atoms with Crippen molar-refractivity contribution in [3.63, 3.8) is 0 Å². The number of carbonyl (C=O) groups excluding carboxylic acids is 2. The molecule has 0 aliphatic carbocycles. The largest absolute Gasteiger partial charge is 0.459 e. The van der Waals surface area contributed by atoms with Gasteiger partial charge in [0.05, 0.1) is 0 Å². The topological polar surface area (TPSA) is 58.6 Å². The van der Waals surface area contributed by atoms with Gasteiger partial charge in [-0.3, -0.25) is 9.69 Å². The average Bonchev–Trinajstić information content (AvgIpc) is 3.22. The molecule has 6 rings (SSSR count). The van der Waals surface area contributed by atoms with Crippen LogP contribution in [0.2, 0.25) is 0 Å². The lowest BCUT2D eigenvalue weighted by Gasteiger charge is -2.44. The molecule has 1 N–H and O–H groups in total. The van der Waals surface area contributed by atoms with Crippen LogP contribution in [0.15, 0.2) is 53.9 Å². The lowest BCUT2D eigenvalue weighted by Crippen LogP contribution is -2.52. The second-order valence-electron chi connectivity index (χ2n) is 8.51. The number of hydrogen-bond donors (Lipinski definition) is 1. The molecule has 0 spiro atoms. The molecule has 160 valence electrons. The molecule has 2 bridgehead atoms. The Morgan fingerprint density at radius 1 is 1.13 bits per heavy atom. The maximum Gasteiger partial charge on any atom is 0.333 e. The minimum absolute atomic E-state index is 0.00367. The Balaban J connectivity index is 1.46. The van der Waals surface area contributed by atoms with Gasteiger partial charge in [0.25, 0.3) is 0 Å². The fourth-order valence-electron chi connectivity index (χ4n) is 4.74. The molecule has 1 unspecified atom stereocenters. The van der Waals surface area contributed by atoms with Crippen LogP contribution in [0.5, 0.6) is 0 Å². The second-order valence-corrected chi connectivity index (χ2v) is 9.43. The summed E-state index contributed by atoms with van der Waals surface area (Å²) in [5, 5.41) is 6.46. The van der Waals surface area contributed by atoms with E-state index in [1.54, 1.807) is 30.4 Å². The van der Waals surface area contributed by atoms with Crippen LogP contribution in [0.3, 0.4) is 0 Å². The molecule has 1 aromatic heterocycles. The summed E-state index contributed by atoms with van der Waals surface area (Å²) in [7, 11) is 0. The standard InChI is InChI=1S/C25H26N2O3S/c1-16(28)18-5-4-6-19(13-18)26-24(21-15-31-23-8-3-2-7-20(21)23)25(29)30-22-14-27-11-9-17(22)10-12-27/h2-8,13,15,17,22,24,26H,9-12,14H2,1H3/t22-,24?/m0/s1. The number of ether oxygens (including phenoxy) is 1. The maximum absolute atomic E-state index is 13.5. The van der Waals surface area contributed by atoms with Gasteiger partial charge in [0, 0.05) is 28.1 Å². The van der Waals surface area contributed by atoms with E-state index >= 15 is 0 Å². The Hall–Kier alpha value is -2.70. The summed E-state index contributed by atoms with van der Waals surface area (Å²) in [6.45, 7) is 4.58. The molecule has 5 nitrogen and oxygen atoms in total. The summed E-state index contributed by atoms with van der Waals surface area (Å²) in [6.07, 6.45) is 2.14. The van der Waals surface area contributed by atoms with Crippen molar-refractivity contribution >= 4 is 38.9 Å². The van der Waals surface area contributed by atoms with Crippen LogP contribution < -0.4 is 5.32 Å². The first-order valence-electron chi connectivity index (χ1n) is 10.8. The Bertz CT molecular complexity index is 1120. The fourth-order valence-corrected chi connectivity index (χ4v) is 5.73. The number of Topliss-reactive ketones (excluding diaryl/α,β-unsaturated/α-hetero) is 1. The third-order valence-corrected chi connectivity index (χ3v) is 7.48. The molecule has 3 fully saturated rings. The van der Waals surface area contributed by atoms with E-state index in [0.29, 0.717) is 11.5 Å². The zero-order valence-electron chi connectivity index (χ0n) is 17.5. The van der Waals surface area contributed by atoms with Crippen molar-refractivity contribution in [2.45, 2.75) is 31.9 Å². The summed E-state index contributed by atoms with van der Waals surface area (Å²) in [5.74, 6) is 0.196. The van der Waals surface area contributed by atoms with Gasteiger partial charge >= 0.3 is 5.97 Å². The van der Waals surface area contributed by atoms with Crippen molar-refractivity contribution in [3.05, 3.63) is 65.0 Å². The Kier molecular flexibility index (Phi) is 5.50. The molecule has 2 atom stereocenters. The van der Waals surface area contributed by atoms with Crippen molar-refractivity contribution in [1.29, 1.82) is 0 Å². The highest BCUT2D eigenvalue weighted by Crippen LogP contribution is 2.35. The number of nitrogens with zero attached hydrogens (tertiary/aromatic N) is 1. The number of benzene rings is 2. The van der Waals surface area contributed by atoms with Gasteiger partial charge in [0.1, 0.15) is 6.10 Å². The number of thiophene rings is 1. The number of anilines is 1. The van der Waals surface area contributed by atoms with Crippen molar-refractivity contribution in [2.75, 3.05) is 25.0 Å². The highest BCUT2D eigenvalue weighted by Gasteiger charge is 2.38. The molecule has 3 aliphatic heterocycles. The molecule has 31 heavy (non-hydrogen) atoms. The first kappa shape index (κ1) is 20.2. The highest BCUT2D eigenvalue weighted by atomic mass is 32.1. The highest BCUT2D eigenvalue weighted by molar-refractivity contribution is 7.17. The lowest BCUT2D eigenvalue weighted by molar-refractivity contribution is -0.159. The zero-order valence-corrected chi connectivity index (χ0v) is 18.4. The number of hydrogen-bond acceptors (Lipinski definition) is 6. The number of ketones is 1. The molecule has 0 saturated carbocycles. The van der Waals surface area contributed by atoms with Crippen LogP contribution in [0.25, 0.3) is 10.1 Å². The third-order valence-electron chi connectivity index (χ3n) is 6.50. The fraction of sp³-hybridized carbons (Fsp3) is 0.360. The Labute approximate surface area is 186 Å². The van der Waals surface area contributed by atoms with Crippen molar-refractivity contribution in [3.8, 4) is 0 Å². The second kappa shape index (κ2) is 8.44. The molecule has 0 amide bonds. The molecule has 6 heteroatoms. The normalized spacial score (nSPS) is 23.5.